The summed E-state index contributed by atoms with van der Waals surface area (Å²) >= 11 is 4.81. The van der Waals surface area contributed by atoms with Crippen molar-refractivity contribution in [2.75, 3.05) is 5.32 Å². The van der Waals surface area contributed by atoms with Gasteiger partial charge in [-0.05, 0) is 40.2 Å². The van der Waals surface area contributed by atoms with Gasteiger partial charge in [0.1, 0.15) is 16.2 Å². The highest BCUT2D eigenvalue weighted by Crippen LogP contribution is 2.34. The van der Waals surface area contributed by atoms with Gasteiger partial charge in [-0.1, -0.05) is 59.9 Å². The molecule has 5 nitrogen and oxygen atoms in total. The van der Waals surface area contributed by atoms with E-state index in [2.05, 4.69) is 26.2 Å². The molecule has 2 aromatic carbocycles. The quantitative estimate of drug-likeness (QED) is 0.308. The number of benzene rings is 2. The molecular weight excluding hydrogens is 460 g/mol. The highest BCUT2D eigenvalue weighted by Gasteiger charge is 2.23. The monoisotopic (exact) mass is 474 g/mol. The fraction of sp³-hybridized carbons (Fsp3) is 0. The standard InChI is InChI=1S/C23H15BrN4OS/c24-16-11-12-19-25-13-18(28(19)14-16)21(29)22-20(15-7-3-1-4-8-15)27-23(30-22)26-17-9-5-2-6-10-17/h1-14H,(H,26,27). The number of halogens is 1. The van der Waals surface area contributed by atoms with Crippen LogP contribution in [0.1, 0.15) is 15.4 Å². The summed E-state index contributed by atoms with van der Waals surface area (Å²) in [4.78, 5) is 23.3. The van der Waals surface area contributed by atoms with Crippen LogP contribution in [0.4, 0.5) is 10.8 Å². The van der Waals surface area contributed by atoms with Crippen molar-refractivity contribution in [1.29, 1.82) is 0 Å². The number of ketones is 1. The van der Waals surface area contributed by atoms with Crippen LogP contribution in [0.3, 0.4) is 0 Å². The summed E-state index contributed by atoms with van der Waals surface area (Å²) in [6.45, 7) is 0. The average Bonchev–Trinajstić information content (AvgIpc) is 3.39. The predicted molar refractivity (Wildman–Crippen MR) is 124 cm³/mol. The second-order valence-corrected chi connectivity index (χ2v) is 8.52. The third-order valence-corrected chi connectivity index (χ3v) is 6.05. The van der Waals surface area contributed by atoms with Gasteiger partial charge in [-0.25, -0.2) is 9.97 Å². The molecule has 30 heavy (non-hydrogen) atoms. The summed E-state index contributed by atoms with van der Waals surface area (Å²) < 4.78 is 2.67. The lowest BCUT2D eigenvalue weighted by atomic mass is 10.1. The Balaban J connectivity index is 1.62. The number of hydrogen-bond donors (Lipinski definition) is 1. The number of imidazole rings is 1. The lowest BCUT2D eigenvalue weighted by molar-refractivity contribution is 0.103. The smallest absolute Gasteiger partial charge is 0.223 e. The molecule has 1 N–H and O–H groups in total. The molecule has 0 atom stereocenters. The van der Waals surface area contributed by atoms with Gasteiger partial charge >= 0.3 is 0 Å². The van der Waals surface area contributed by atoms with E-state index in [0.717, 1.165) is 21.4 Å². The van der Waals surface area contributed by atoms with Gasteiger partial charge in [0.05, 0.1) is 11.9 Å². The van der Waals surface area contributed by atoms with Crippen LogP contribution in [0, 0.1) is 0 Å². The molecule has 0 bridgehead atoms. The fourth-order valence-electron chi connectivity index (χ4n) is 3.20. The van der Waals surface area contributed by atoms with Gasteiger partial charge in [-0.15, -0.1) is 0 Å². The van der Waals surface area contributed by atoms with E-state index in [1.165, 1.54) is 11.3 Å². The molecule has 0 spiro atoms. The van der Waals surface area contributed by atoms with Gasteiger partial charge in [0.15, 0.2) is 5.13 Å². The number of nitrogens with one attached hydrogen (secondary N) is 1. The van der Waals surface area contributed by atoms with Crippen LogP contribution in [0.5, 0.6) is 0 Å². The molecule has 0 radical (unpaired) electrons. The van der Waals surface area contributed by atoms with E-state index >= 15 is 0 Å². The second-order valence-electron chi connectivity index (χ2n) is 6.60. The largest absolute Gasteiger partial charge is 0.332 e. The molecule has 7 heteroatoms. The van der Waals surface area contributed by atoms with E-state index in [1.54, 1.807) is 10.6 Å². The number of nitrogens with zero attached hydrogens (tertiary/aromatic N) is 3. The van der Waals surface area contributed by atoms with Gasteiger partial charge < -0.3 is 5.32 Å². The molecule has 0 aliphatic rings. The van der Waals surface area contributed by atoms with E-state index in [9.17, 15) is 4.79 Å². The number of carbonyl (C=O) groups excluding carboxylic acids is 1. The van der Waals surface area contributed by atoms with E-state index in [4.69, 9.17) is 4.98 Å². The lowest BCUT2D eigenvalue weighted by Crippen LogP contribution is -2.05. The van der Waals surface area contributed by atoms with E-state index in [0.29, 0.717) is 21.4 Å². The van der Waals surface area contributed by atoms with Crippen LogP contribution in [-0.2, 0) is 0 Å². The van der Waals surface area contributed by atoms with Crippen molar-refractivity contribution in [3.63, 3.8) is 0 Å². The number of carbonyl (C=O) groups is 1. The molecule has 0 saturated heterocycles. The topological polar surface area (TPSA) is 59.3 Å². The van der Waals surface area contributed by atoms with Gasteiger partial charge in [0.25, 0.3) is 0 Å². The summed E-state index contributed by atoms with van der Waals surface area (Å²) in [5, 5.41) is 3.97. The third-order valence-electron chi connectivity index (χ3n) is 4.61. The first-order valence-electron chi connectivity index (χ1n) is 9.25. The zero-order valence-corrected chi connectivity index (χ0v) is 18.0. The number of pyridine rings is 1. The Hall–Kier alpha value is -3.29. The van der Waals surface area contributed by atoms with Crippen molar-refractivity contribution >= 4 is 49.5 Å². The highest BCUT2D eigenvalue weighted by molar-refractivity contribution is 9.10. The molecule has 0 aliphatic heterocycles. The molecule has 0 amide bonds. The number of para-hydroxylation sites is 1. The summed E-state index contributed by atoms with van der Waals surface area (Å²) in [7, 11) is 0. The van der Waals surface area contributed by atoms with Crippen LogP contribution in [0.25, 0.3) is 16.9 Å². The molecule has 3 heterocycles. The van der Waals surface area contributed by atoms with Gasteiger partial charge in [-0.3, -0.25) is 9.20 Å². The van der Waals surface area contributed by atoms with Crippen LogP contribution in [0.2, 0.25) is 0 Å². The summed E-state index contributed by atoms with van der Waals surface area (Å²) in [6, 6.07) is 23.3. The lowest BCUT2D eigenvalue weighted by Gasteiger charge is -2.03. The van der Waals surface area contributed by atoms with Crippen molar-refractivity contribution in [2.45, 2.75) is 0 Å². The normalized spacial score (nSPS) is 11.0. The van der Waals surface area contributed by atoms with Crippen molar-refractivity contribution in [3.05, 3.63) is 100 Å². The Morgan fingerprint density at radius 2 is 1.70 bits per heavy atom. The third kappa shape index (κ3) is 3.53. The zero-order valence-electron chi connectivity index (χ0n) is 15.6. The summed E-state index contributed by atoms with van der Waals surface area (Å²) in [5.41, 5.74) is 3.69. The number of aromatic nitrogens is 3. The maximum atomic E-state index is 13.6. The first kappa shape index (κ1) is 18.7. The predicted octanol–water partition coefficient (Wildman–Crippen LogP) is 6.19. The highest BCUT2D eigenvalue weighted by atomic mass is 79.9. The van der Waals surface area contributed by atoms with Gasteiger partial charge in [0.2, 0.25) is 5.78 Å². The van der Waals surface area contributed by atoms with E-state index in [1.807, 2.05) is 79.0 Å². The maximum absolute atomic E-state index is 13.6. The number of fused-ring (bicyclic) bond motifs is 1. The molecule has 146 valence electrons. The minimum absolute atomic E-state index is 0.113. The first-order chi connectivity index (χ1) is 14.7. The molecule has 5 aromatic rings. The minimum Gasteiger partial charge on any atom is -0.332 e. The average molecular weight is 475 g/mol. The fourth-order valence-corrected chi connectivity index (χ4v) is 4.50. The number of hydrogen-bond acceptors (Lipinski definition) is 5. The van der Waals surface area contributed by atoms with Gasteiger partial charge in [0, 0.05) is 21.9 Å². The Labute approximate surface area is 185 Å². The maximum Gasteiger partial charge on any atom is 0.223 e. The van der Waals surface area contributed by atoms with Crippen molar-refractivity contribution < 1.29 is 4.79 Å². The first-order valence-corrected chi connectivity index (χ1v) is 10.9. The molecule has 0 saturated carbocycles. The summed E-state index contributed by atoms with van der Waals surface area (Å²) in [6.07, 6.45) is 3.46. The summed E-state index contributed by atoms with van der Waals surface area (Å²) in [5.74, 6) is -0.113. The van der Waals surface area contributed by atoms with Gasteiger partial charge in [-0.2, -0.15) is 0 Å². The Morgan fingerprint density at radius 3 is 2.47 bits per heavy atom. The van der Waals surface area contributed by atoms with Crippen LogP contribution >= 0.6 is 27.3 Å². The number of rotatable bonds is 5. The van der Waals surface area contributed by atoms with Crippen molar-refractivity contribution in [2.24, 2.45) is 0 Å². The zero-order chi connectivity index (χ0) is 20.5. The van der Waals surface area contributed by atoms with Crippen molar-refractivity contribution in [3.8, 4) is 11.3 Å². The molecule has 3 aromatic heterocycles. The Morgan fingerprint density at radius 1 is 0.967 bits per heavy atom. The molecule has 0 fully saturated rings. The van der Waals surface area contributed by atoms with Crippen LogP contribution < -0.4 is 5.32 Å². The van der Waals surface area contributed by atoms with Crippen molar-refractivity contribution in [1.82, 2.24) is 14.4 Å². The molecule has 0 unspecified atom stereocenters. The Kier molecular flexibility index (Phi) is 4.90. The number of thiazole rings is 1. The Bertz CT molecular complexity index is 1350. The second kappa shape index (κ2) is 7.85. The van der Waals surface area contributed by atoms with E-state index in [-0.39, 0.29) is 5.78 Å². The van der Waals surface area contributed by atoms with E-state index < -0.39 is 0 Å². The molecule has 5 rings (SSSR count). The number of anilines is 2. The minimum atomic E-state index is -0.113. The molecule has 0 aliphatic carbocycles. The van der Waals surface area contributed by atoms with Crippen LogP contribution in [-0.4, -0.2) is 20.2 Å². The van der Waals surface area contributed by atoms with Crippen LogP contribution in [0.15, 0.2) is 89.7 Å². The SMILES string of the molecule is O=C(c1sc(Nc2ccccc2)nc1-c1ccccc1)c1cnc2ccc(Br)cn12. The molecular formula is C23H15BrN4OS.